The predicted octanol–water partition coefficient (Wildman–Crippen LogP) is 3.98. The van der Waals surface area contributed by atoms with E-state index in [2.05, 4.69) is 60.1 Å². The summed E-state index contributed by atoms with van der Waals surface area (Å²) < 4.78 is 7.22. The lowest BCUT2D eigenvalue weighted by molar-refractivity contribution is -0.0511. The Labute approximate surface area is 225 Å². The molecule has 0 radical (unpaired) electrons. The smallest absolute Gasteiger partial charge is 0.167 e. The SMILES string of the molecule is C/C(=C\CNc1ncnc2c1ncn2[C@@H]1OC(CO)C(O)C1O)CC[C@H]1[C@@H]2CCCC(C)(C)C2=CC[C@@H]1C. The Morgan fingerprint density at radius 1 is 1.24 bits per heavy atom. The molecule has 0 spiro atoms. The number of rotatable bonds is 8. The molecule has 4 N–H and O–H groups in total. The monoisotopic (exact) mass is 525 g/mol. The molecule has 208 valence electrons. The Balaban J connectivity index is 1.21. The van der Waals surface area contributed by atoms with Crippen molar-refractivity contribution in [3.63, 3.8) is 0 Å². The third kappa shape index (κ3) is 5.13. The van der Waals surface area contributed by atoms with Gasteiger partial charge < -0.3 is 25.4 Å². The van der Waals surface area contributed by atoms with Crippen LogP contribution in [0.3, 0.4) is 0 Å². The van der Waals surface area contributed by atoms with E-state index < -0.39 is 24.5 Å². The van der Waals surface area contributed by atoms with Crippen LogP contribution in [-0.4, -0.2) is 66.3 Å². The molecular weight excluding hydrogens is 482 g/mol. The quantitative estimate of drug-likeness (QED) is 0.381. The molecular formula is C29H43N5O4. The van der Waals surface area contributed by atoms with Gasteiger partial charge in [0, 0.05) is 6.54 Å². The summed E-state index contributed by atoms with van der Waals surface area (Å²) in [7, 11) is 0. The minimum Gasteiger partial charge on any atom is -0.394 e. The van der Waals surface area contributed by atoms with Gasteiger partial charge in [-0.05, 0) is 62.2 Å². The first-order valence-electron chi connectivity index (χ1n) is 14.1. The summed E-state index contributed by atoms with van der Waals surface area (Å²) in [6.07, 6.45) is 11.2. The Bertz CT molecular complexity index is 1190. The van der Waals surface area contributed by atoms with Crippen molar-refractivity contribution in [2.45, 2.75) is 90.8 Å². The van der Waals surface area contributed by atoms with E-state index in [9.17, 15) is 15.3 Å². The van der Waals surface area contributed by atoms with Gasteiger partial charge in [-0.1, -0.05) is 50.5 Å². The van der Waals surface area contributed by atoms with Crippen molar-refractivity contribution in [2.24, 2.45) is 23.2 Å². The van der Waals surface area contributed by atoms with Gasteiger partial charge in [-0.25, -0.2) is 15.0 Å². The highest BCUT2D eigenvalue weighted by molar-refractivity contribution is 5.82. The third-order valence-corrected chi connectivity index (χ3v) is 9.20. The number of aromatic nitrogens is 4. The number of aliphatic hydroxyl groups is 3. The highest BCUT2D eigenvalue weighted by Crippen LogP contribution is 2.52. The molecule has 7 atom stereocenters. The molecule has 0 aromatic carbocycles. The van der Waals surface area contributed by atoms with E-state index in [0.717, 1.165) is 24.2 Å². The summed E-state index contributed by atoms with van der Waals surface area (Å²) >= 11 is 0. The molecule has 0 amide bonds. The molecule has 3 unspecified atom stereocenters. The van der Waals surface area contributed by atoms with Gasteiger partial charge in [0.25, 0.3) is 0 Å². The second-order valence-corrected chi connectivity index (χ2v) is 12.2. The molecule has 1 aliphatic heterocycles. The van der Waals surface area contributed by atoms with E-state index in [1.165, 1.54) is 50.3 Å². The number of hydrogen-bond donors (Lipinski definition) is 4. The van der Waals surface area contributed by atoms with E-state index in [4.69, 9.17) is 4.74 Å². The lowest BCUT2D eigenvalue weighted by atomic mass is 9.58. The van der Waals surface area contributed by atoms with E-state index >= 15 is 0 Å². The topological polar surface area (TPSA) is 126 Å². The number of hydrogen-bond acceptors (Lipinski definition) is 8. The Morgan fingerprint density at radius 3 is 2.82 bits per heavy atom. The molecule has 0 bridgehead atoms. The number of allylic oxidation sites excluding steroid dienone is 3. The van der Waals surface area contributed by atoms with Crippen LogP contribution in [0.15, 0.2) is 36.0 Å². The summed E-state index contributed by atoms with van der Waals surface area (Å²) in [4.78, 5) is 13.1. The predicted molar refractivity (Wildman–Crippen MR) is 146 cm³/mol. The summed E-state index contributed by atoms with van der Waals surface area (Å²) in [5.74, 6) is 2.84. The highest BCUT2D eigenvalue weighted by atomic mass is 16.6. The second-order valence-electron chi connectivity index (χ2n) is 12.2. The van der Waals surface area contributed by atoms with E-state index in [1.807, 2.05) is 0 Å². The Morgan fingerprint density at radius 2 is 2.05 bits per heavy atom. The fraction of sp³-hybridized carbons (Fsp3) is 0.690. The molecule has 2 fully saturated rings. The standard InChI is InChI=1S/C29H43N5O4/c1-17(7-9-19-18(2)8-10-21-20(19)6-5-12-29(21,3)4)11-13-30-26-23-27(32-15-31-26)34(16-33-23)28-25(37)24(36)22(14-35)38-28/h10-11,15-16,18-20,22,24-25,28,35-37H,5-9,12-14H2,1-4H3,(H,30,31,32)/b17-11+/t18-,19+,20-,22?,24?,25?,28+/m0/s1. The van der Waals surface area contributed by atoms with Crippen LogP contribution in [0.1, 0.15) is 72.4 Å². The minimum atomic E-state index is -1.19. The van der Waals surface area contributed by atoms with E-state index in [0.29, 0.717) is 28.9 Å². The first kappa shape index (κ1) is 27.2. The molecule has 1 saturated heterocycles. The molecule has 3 aliphatic rings. The highest BCUT2D eigenvalue weighted by Gasteiger charge is 2.44. The van der Waals surface area contributed by atoms with Crippen molar-refractivity contribution in [1.29, 1.82) is 0 Å². The van der Waals surface area contributed by atoms with Gasteiger partial charge in [0.2, 0.25) is 0 Å². The first-order valence-corrected chi connectivity index (χ1v) is 14.1. The molecule has 1 saturated carbocycles. The largest absolute Gasteiger partial charge is 0.394 e. The van der Waals surface area contributed by atoms with Crippen molar-refractivity contribution in [3.8, 4) is 0 Å². The van der Waals surface area contributed by atoms with Crippen LogP contribution in [0.2, 0.25) is 0 Å². The summed E-state index contributed by atoms with van der Waals surface area (Å²) in [6.45, 7) is 9.74. The van der Waals surface area contributed by atoms with Crippen molar-refractivity contribution in [1.82, 2.24) is 19.5 Å². The fourth-order valence-electron chi connectivity index (χ4n) is 6.90. The van der Waals surface area contributed by atoms with Crippen LogP contribution in [0, 0.1) is 23.2 Å². The molecule has 9 nitrogen and oxygen atoms in total. The van der Waals surface area contributed by atoms with Gasteiger partial charge in [0.1, 0.15) is 24.6 Å². The van der Waals surface area contributed by atoms with Crippen LogP contribution in [0.25, 0.3) is 11.2 Å². The van der Waals surface area contributed by atoms with Crippen LogP contribution in [-0.2, 0) is 4.74 Å². The average molecular weight is 526 g/mol. The molecule has 3 heterocycles. The molecule has 2 aromatic heterocycles. The number of anilines is 1. The van der Waals surface area contributed by atoms with E-state index in [1.54, 1.807) is 10.1 Å². The number of fused-ring (bicyclic) bond motifs is 2. The van der Waals surface area contributed by atoms with Crippen molar-refractivity contribution in [3.05, 3.63) is 36.0 Å². The maximum absolute atomic E-state index is 10.4. The average Bonchev–Trinajstić information content (AvgIpc) is 3.44. The zero-order valence-electron chi connectivity index (χ0n) is 23.0. The molecule has 38 heavy (non-hydrogen) atoms. The summed E-state index contributed by atoms with van der Waals surface area (Å²) in [5.41, 5.74) is 4.50. The van der Waals surface area contributed by atoms with Gasteiger partial charge in [-0.3, -0.25) is 4.57 Å². The Hall–Kier alpha value is -2.33. The maximum Gasteiger partial charge on any atom is 0.167 e. The van der Waals surface area contributed by atoms with Gasteiger partial charge in [0.15, 0.2) is 23.2 Å². The Kier molecular flexibility index (Phi) is 7.91. The second kappa shape index (κ2) is 11.0. The van der Waals surface area contributed by atoms with Gasteiger partial charge >= 0.3 is 0 Å². The number of nitrogens with zero attached hydrogens (tertiary/aromatic N) is 4. The summed E-state index contributed by atoms with van der Waals surface area (Å²) in [5, 5.41) is 33.3. The van der Waals surface area contributed by atoms with Crippen molar-refractivity contribution < 1.29 is 20.1 Å². The molecule has 2 aromatic rings. The van der Waals surface area contributed by atoms with Gasteiger partial charge in [-0.15, -0.1) is 0 Å². The molecule has 2 aliphatic carbocycles. The number of imidazole rings is 1. The van der Waals surface area contributed by atoms with Crippen LogP contribution in [0.5, 0.6) is 0 Å². The number of aliphatic hydroxyl groups excluding tert-OH is 3. The molecule has 5 rings (SSSR count). The first-order chi connectivity index (χ1) is 18.2. The zero-order valence-corrected chi connectivity index (χ0v) is 23.0. The maximum atomic E-state index is 10.4. The lowest BCUT2D eigenvalue weighted by Crippen LogP contribution is -2.36. The third-order valence-electron chi connectivity index (χ3n) is 9.20. The van der Waals surface area contributed by atoms with Crippen LogP contribution >= 0.6 is 0 Å². The fourth-order valence-corrected chi connectivity index (χ4v) is 6.90. The molecule has 9 heteroatoms. The normalized spacial score (nSPS) is 33.3. The minimum absolute atomic E-state index is 0.355. The van der Waals surface area contributed by atoms with Crippen molar-refractivity contribution in [2.75, 3.05) is 18.5 Å². The zero-order chi connectivity index (χ0) is 27.0. The van der Waals surface area contributed by atoms with Crippen LogP contribution < -0.4 is 5.32 Å². The number of nitrogens with one attached hydrogen (secondary N) is 1. The van der Waals surface area contributed by atoms with E-state index in [-0.39, 0.29) is 6.61 Å². The number of ether oxygens (including phenoxy) is 1. The van der Waals surface area contributed by atoms with Gasteiger partial charge in [-0.2, -0.15) is 0 Å². The van der Waals surface area contributed by atoms with Crippen LogP contribution in [0.4, 0.5) is 5.82 Å². The summed E-state index contributed by atoms with van der Waals surface area (Å²) in [6, 6.07) is 0. The lowest BCUT2D eigenvalue weighted by Gasteiger charge is -2.47. The van der Waals surface area contributed by atoms with Gasteiger partial charge in [0.05, 0.1) is 12.9 Å². The van der Waals surface area contributed by atoms with Crippen molar-refractivity contribution >= 4 is 17.0 Å².